The van der Waals surface area contributed by atoms with E-state index in [1.807, 2.05) is 37.3 Å². The molecular weight excluding hydrogens is 283 g/mol. The minimum absolute atomic E-state index is 0.250. The number of aryl methyl sites for hydroxylation is 1. The zero-order valence-electron chi connectivity index (χ0n) is 9.41. The molecular formula is C14H12BrFO. The van der Waals surface area contributed by atoms with Gasteiger partial charge in [0.05, 0.1) is 0 Å². The van der Waals surface area contributed by atoms with Gasteiger partial charge in [-0.15, -0.1) is 0 Å². The molecule has 1 nitrogen and oxygen atoms in total. The second-order valence-electron chi connectivity index (χ2n) is 3.82. The molecule has 2 aromatic carbocycles. The van der Waals surface area contributed by atoms with Gasteiger partial charge < -0.3 is 4.74 Å². The molecule has 2 rings (SSSR count). The lowest BCUT2D eigenvalue weighted by molar-refractivity contribution is 0.441. The molecule has 3 heteroatoms. The molecule has 0 atom stereocenters. The van der Waals surface area contributed by atoms with Crippen LogP contribution in [-0.4, -0.2) is 0 Å². The zero-order valence-corrected chi connectivity index (χ0v) is 11.0. The second-order valence-corrected chi connectivity index (χ2v) is 4.38. The SMILES string of the molecule is Cc1cccc(Oc2ccc(CBr)cc2F)c1. The average molecular weight is 295 g/mol. The minimum atomic E-state index is -0.344. The van der Waals surface area contributed by atoms with E-state index in [9.17, 15) is 4.39 Å². The Hall–Kier alpha value is -1.35. The molecule has 0 aliphatic carbocycles. The fraction of sp³-hybridized carbons (Fsp3) is 0.143. The normalized spacial score (nSPS) is 10.3. The molecule has 0 spiro atoms. The quantitative estimate of drug-likeness (QED) is 0.737. The number of benzene rings is 2. The highest BCUT2D eigenvalue weighted by Crippen LogP contribution is 2.26. The predicted octanol–water partition coefficient (Wildman–Crippen LogP) is 4.82. The molecule has 0 aromatic heterocycles. The largest absolute Gasteiger partial charge is 0.454 e. The molecule has 0 amide bonds. The van der Waals surface area contributed by atoms with Crippen LogP contribution >= 0.6 is 15.9 Å². The minimum Gasteiger partial charge on any atom is -0.454 e. The summed E-state index contributed by atoms with van der Waals surface area (Å²) in [6.07, 6.45) is 0. The van der Waals surface area contributed by atoms with Gasteiger partial charge in [-0.2, -0.15) is 0 Å². The molecule has 0 N–H and O–H groups in total. The molecule has 0 saturated carbocycles. The van der Waals surface area contributed by atoms with Gasteiger partial charge in [0.2, 0.25) is 0 Å². The molecule has 0 fully saturated rings. The lowest BCUT2D eigenvalue weighted by Crippen LogP contribution is -1.90. The van der Waals surface area contributed by atoms with Crippen molar-refractivity contribution in [1.29, 1.82) is 0 Å². The third-order valence-corrected chi connectivity index (χ3v) is 3.02. The number of halogens is 2. The van der Waals surface area contributed by atoms with Gasteiger partial charge in [-0.3, -0.25) is 0 Å². The van der Waals surface area contributed by atoms with Crippen molar-refractivity contribution in [2.24, 2.45) is 0 Å². The van der Waals surface area contributed by atoms with Crippen LogP contribution in [0.2, 0.25) is 0 Å². The summed E-state index contributed by atoms with van der Waals surface area (Å²) in [6, 6.07) is 12.5. The maximum Gasteiger partial charge on any atom is 0.166 e. The fourth-order valence-electron chi connectivity index (χ4n) is 1.52. The van der Waals surface area contributed by atoms with Gasteiger partial charge in [0.1, 0.15) is 5.75 Å². The third-order valence-electron chi connectivity index (χ3n) is 2.37. The Morgan fingerprint density at radius 1 is 1.18 bits per heavy atom. The van der Waals surface area contributed by atoms with E-state index in [2.05, 4.69) is 15.9 Å². The van der Waals surface area contributed by atoms with Crippen LogP contribution in [0.3, 0.4) is 0 Å². The Morgan fingerprint density at radius 3 is 2.65 bits per heavy atom. The Kier molecular flexibility index (Phi) is 3.79. The molecule has 0 bridgehead atoms. The molecule has 88 valence electrons. The van der Waals surface area contributed by atoms with Crippen molar-refractivity contribution in [2.75, 3.05) is 0 Å². The first kappa shape index (κ1) is 12.1. The highest BCUT2D eigenvalue weighted by molar-refractivity contribution is 9.08. The first-order chi connectivity index (χ1) is 8.19. The van der Waals surface area contributed by atoms with E-state index < -0.39 is 0 Å². The first-order valence-corrected chi connectivity index (χ1v) is 6.40. The summed E-state index contributed by atoms with van der Waals surface area (Å²) in [4.78, 5) is 0. The molecule has 2 aromatic rings. The summed E-state index contributed by atoms with van der Waals surface area (Å²) in [5.74, 6) is 0.555. The summed E-state index contributed by atoms with van der Waals surface area (Å²) in [7, 11) is 0. The molecule has 0 aliphatic rings. The van der Waals surface area contributed by atoms with Crippen LogP contribution in [0.1, 0.15) is 11.1 Å². The Morgan fingerprint density at radius 2 is 2.00 bits per heavy atom. The van der Waals surface area contributed by atoms with Crippen molar-refractivity contribution in [3.63, 3.8) is 0 Å². The highest BCUT2D eigenvalue weighted by Gasteiger charge is 2.05. The lowest BCUT2D eigenvalue weighted by Gasteiger charge is -2.08. The predicted molar refractivity (Wildman–Crippen MR) is 70.3 cm³/mol. The van der Waals surface area contributed by atoms with Crippen molar-refractivity contribution in [3.8, 4) is 11.5 Å². The summed E-state index contributed by atoms with van der Waals surface area (Å²) in [6.45, 7) is 1.97. The van der Waals surface area contributed by atoms with Crippen molar-refractivity contribution in [3.05, 3.63) is 59.4 Å². The van der Waals surface area contributed by atoms with E-state index in [0.29, 0.717) is 11.1 Å². The maximum absolute atomic E-state index is 13.7. The molecule has 0 heterocycles. The highest BCUT2D eigenvalue weighted by atomic mass is 79.9. The summed E-state index contributed by atoms with van der Waals surface area (Å²) in [5.41, 5.74) is 1.97. The molecule has 0 saturated heterocycles. The van der Waals surface area contributed by atoms with E-state index >= 15 is 0 Å². The van der Waals surface area contributed by atoms with Crippen molar-refractivity contribution >= 4 is 15.9 Å². The van der Waals surface area contributed by atoms with E-state index in [4.69, 9.17) is 4.74 Å². The van der Waals surface area contributed by atoms with E-state index in [0.717, 1.165) is 11.1 Å². The monoisotopic (exact) mass is 294 g/mol. The van der Waals surface area contributed by atoms with E-state index in [1.54, 1.807) is 6.07 Å². The Labute approximate surface area is 108 Å². The number of rotatable bonds is 3. The topological polar surface area (TPSA) is 9.23 Å². The van der Waals surface area contributed by atoms with Crippen molar-refractivity contribution < 1.29 is 9.13 Å². The van der Waals surface area contributed by atoms with Crippen LogP contribution in [0.15, 0.2) is 42.5 Å². The van der Waals surface area contributed by atoms with Gasteiger partial charge in [-0.1, -0.05) is 34.1 Å². The number of alkyl halides is 1. The summed E-state index contributed by atoms with van der Waals surface area (Å²) < 4.78 is 19.2. The van der Waals surface area contributed by atoms with Crippen LogP contribution in [-0.2, 0) is 5.33 Å². The van der Waals surface area contributed by atoms with Gasteiger partial charge in [-0.05, 0) is 42.3 Å². The van der Waals surface area contributed by atoms with E-state index in [1.165, 1.54) is 6.07 Å². The number of ether oxygens (including phenoxy) is 1. The van der Waals surface area contributed by atoms with Crippen LogP contribution in [0.25, 0.3) is 0 Å². The smallest absolute Gasteiger partial charge is 0.166 e. The van der Waals surface area contributed by atoms with Gasteiger partial charge >= 0.3 is 0 Å². The molecule has 17 heavy (non-hydrogen) atoms. The second kappa shape index (κ2) is 5.32. The molecule has 0 unspecified atom stereocenters. The molecule has 0 aliphatic heterocycles. The van der Waals surface area contributed by atoms with Crippen LogP contribution in [0, 0.1) is 12.7 Å². The van der Waals surface area contributed by atoms with Gasteiger partial charge in [0.25, 0.3) is 0 Å². The zero-order chi connectivity index (χ0) is 12.3. The summed E-state index contributed by atoms with van der Waals surface area (Å²) >= 11 is 3.29. The average Bonchev–Trinajstić information content (AvgIpc) is 2.32. The van der Waals surface area contributed by atoms with Gasteiger partial charge in [0, 0.05) is 5.33 Å². The standard InChI is InChI=1S/C14H12BrFO/c1-10-3-2-4-12(7-10)17-14-6-5-11(9-15)8-13(14)16/h2-8H,9H2,1H3. The fourth-order valence-corrected chi connectivity index (χ4v) is 1.86. The van der Waals surface area contributed by atoms with Crippen LogP contribution < -0.4 is 4.74 Å². The van der Waals surface area contributed by atoms with E-state index in [-0.39, 0.29) is 11.6 Å². The van der Waals surface area contributed by atoms with Gasteiger partial charge in [0.15, 0.2) is 11.6 Å². The lowest BCUT2D eigenvalue weighted by atomic mass is 10.2. The number of hydrogen-bond acceptors (Lipinski definition) is 1. The van der Waals surface area contributed by atoms with Crippen LogP contribution in [0.4, 0.5) is 4.39 Å². The summed E-state index contributed by atoms with van der Waals surface area (Å²) in [5, 5.41) is 0.634. The van der Waals surface area contributed by atoms with Gasteiger partial charge in [-0.25, -0.2) is 4.39 Å². The third kappa shape index (κ3) is 3.07. The number of hydrogen-bond donors (Lipinski definition) is 0. The Bertz CT molecular complexity index is 525. The molecule has 0 radical (unpaired) electrons. The Balaban J connectivity index is 2.24. The first-order valence-electron chi connectivity index (χ1n) is 5.28. The van der Waals surface area contributed by atoms with Crippen molar-refractivity contribution in [2.45, 2.75) is 12.3 Å². The van der Waals surface area contributed by atoms with Crippen LogP contribution in [0.5, 0.6) is 11.5 Å². The van der Waals surface area contributed by atoms with Crippen molar-refractivity contribution in [1.82, 2.24) is 0 Å². The maximum atomic E-state index is 13.7.